The van der Waals surface area contributed by atoms with Crippen LogP contribution in [0.2, 0.25) is 10.0 Å². The normalized spacial score (nSPS) is 11.1. The molecule has 0 saturated carbocycles. The molecule has 0 atom stereocenters. The summed E-state index contributed by atoms with van der Waals surface area (Å²) in [5.74, 6) is 0. The smallest absolute Gasteiger partial charge is 0.189 e. The van der Waals surface area contributed by atoms with Gasteiger partial charge in [-0.05, 0) is 18.4 Å². The number of thioether (sulfide) groups is 1. The highest BCUT2D eigenvalue weighted by Crippen LogP contribution is 2.28. The maximum absolute atomic E-state index is 6.18. The van der Waals surface area contributed by atoms with Gasteiger partial charge in [0.2, 0.25) is 0 Å². The number of aromatic nitrogens is 4. The van der Waals surface area contributed by atoms with E-state index in [0.717, 1.165) is 11.1 Å². The van der Waals surface area contributed by atoms with Gasteiger partial charge in [-0.15, -0.1) is 5.10 Å². The maximum atomic E-state index is 6.18. The zero-order valence-electron chi connectivity index (χ0n) is 9.84. The van der Waals surface area contributed by atoms with Crippen molar-refractivity contribution in [2.45, 2.75) is 5.16 Å². The first-order valence-electron chi connectivity index (χ1n) is 5.40. The number of fused-ring (bicyclic) bond motifs is 1. The van der Waals surface area contributed by atoms with Gasteiger partial charge in [0, 0.05) is 12.4 Å². The van der Waals surface area contributed by atoms with Crippen molar-refractivity contribution >= 4 is 46.0 Å². The Balaban J connectivity index is 2.18. The van der Waals surface area contributed by atoms with Crippen LogP contribution in [-0.2, 0) is 0 Å². The molecule has 2 heterocycles. The second kappa shape index (κ2) is 5.00. The lowest BCUT2D eigenvalue weighted by atomic mass is 10.3. The molecule has 1 aromatic carbocycles. The van der Waals surface area contributed by atoms with Gasteiger partial charge in [0.15, 0.2) is 10.8 Å². The summed E-state index contributed by atoms with van der Waals surface area (Å²) < 4.78 is 1.66. The minimum absolute atomic E-state index is 0.468. The van der Waals surface area contributed by atoms with Crippen LogP contribution < -0.4 is 0 Å². The number of hydrogen-bond donors (Lipinski definition) is 0. The second-order valence-electron chi connectivity index (χ2n) is 3.78. The Morgan fingerprint density at radius 2 is 2.11 bits per heavy atom. The summed E-state index contributed by atoms with van der Waals surface area (Å²) in [5, 5.41) is 6.91. The molecule has 0 amide bonds. The molecule has 0 N–H and O–H groups in total. The molecule has 0 radical (unpaired) electrons. The largest absolute Gasteiger partial charge is 0.237 e. The van der Waals surface area contributed by atoms with Crippen LogP contribution in [0.25, 0.3) is 16.7 Å². The predicted octanol–water partition coefficient (Wildman–Crippen LogP) is 3.84. The van der Waals surface area contributed by atoms with E-state index in [1.165, 1.54) is 11.8 Å². The maximum Gasteiger partial charge on any atom is 0.189 e. The van der Waals surface area contributed by atoms with E-state index in [1.807, 2.05) is 24.6 Å². The third-order valence-electron chi connectivity index (χ3n) is 2.60. The Hall–Kier alpha value is -1.30. The lowest BCUT2D eigenvalue weighted by Gasteiger charge is -2.04. The molecule has 3 rings (SSSR count). The molecule has 0 saturated heterocycles. The van der Waals surface area contributed by atoms with Gasteiger partial charge in [0.25, 0.3) is 0 Å². The van der Waals surface area contributed by atoms with Crippen molar-refractivity contribution in [3.05, 3.63) is 40.6 Å². The summed E-state index contributed by atoms with van der Waals surface area (Å²) in [7, 11) is 0. The van der Waals surface area contributed by atoms with E-state index < -0.39 is 0 Å². The van der Waals surface area contributed by atoms with Crippen molar-refractivity contribution in [3.63, 3.8) is 0 Å². The van der Waals surface area contributed by atoms with E-state index in [0.29, 0.717) is 20.8 Å². The van der Waals surface area contributed by atoms with Crippen molar-refractivity contribution in [2.24, 2.45) is 0 Å². The molecule has 0 aliphatic rings. The minimum atomic E-state index is 0.468. The highest BCUT2D eigenvalue weighted by molar-refractivity contribution is 7.98. The lowest BCUT2D eigenvalue weighted by molar-refractivity contribution is 0.881. The summed E-state index contributed by atoms with van der Waals surface area (Å²) in [6, 6.07) is 5.42. The number of halogens is 2. The van der Waals surface area contributed by atoms with Crippen LogP contribution in [0.5, 0.6) is 0 Å². The van der Waals surface area contributed by atoms with Crippen molar-refractivity contribution in [3.8, 4) is 5.69 Å². The van der Waals surface area contributed by atoms with Gasteiger partial charge in [-0.1, -0.05) is 41.0 Å². The van der Waals surface area contributed by atoms with E-state index in [4.69, 9.17) is 23.2 Å². The SMILES string of the molecule is CSc1ncc2cn(-c3cccc(Cl)c3Cl)nc2n1. The molecule has 0 unspecified atom stereocenters. The number of benzene rings is 1. The molecular formula is C12H8Cl2N4S. The Labute approximate surface area is 123 Å². The Morgan fingerprint density at radius 1 is 1.26 bits per heavy atom. The van der Waals surface area contributed by atoms with E-state index in [9.17, 15) is 0 Å². The van der Waals surface area contributed by atoms with Gasteiger partial charge < -0.3 is 0 Å². The summed E-state index contributed by atoms with van der Waals surface area (Å²) in [4.78, 5) is 8.55. The van der Waals surface area contributed by atoms with E-state index in [2.05, 4.69) is 15.1 Å². The van der Waals surface area contributed by atoms with E-state index in [1.54, 1.807) is 16.9 Å². The van der Waals surface area contributed by atoms with Gasteiger partial charge in [-0.25, -0.2) is 14.6 Å². The molecule has 2 aromatic heterocycles. The van der Waals surface area contributed by atoms with Crippen LogP contribution in [0.4, 0.5) is 0 Å². The number of nitrogens with zero attached hydrogens (tertiary/aromatic N) is 4. The van der Waals surface area contributed by atoms with Crippen LogP contribution >= 0.6 is 35.0 Å². The molecule has 7 heteroatoms. The summed E-state index contributed by atoms with van der Waals surface area (Å²) >= 11 is 13.7. The Morgan fingerprint density at radius 3 is 2.89 bits per heavy atom. The van der Waals surface area contributed by atoms with Gasteiger partial charge in [-0.3, -0.25) is 0 Å². The average molecular weight is 311 g/mol. The van der Waals surface area contributed by atoms with Crippen molar-refractivity contribution in [1.29, 1.82) is 0 Å². The fourth-order valence-electron chi connectivity index (χ4n) is 1.69. The summed E-state index contributed by atoms with van der Waals surface area (Å²) in [5.41, 5.74) is 1.35. The molecule has 0 bridgehead atoms. The van der Waals surface area contributed by atoms with Gasteiger partial charge in [0.1, 0.15) is 0 Å². The minimum Gasteiger partial charge on any atom is -0.237 e. The fraction of sp³-hybridized carbons (Fsp3) is 0.0833. The molecule has 4 nitrogen and oxygen atoms in total. The van der Waals surface area contributed by atoms with Crippen LogP contribution in [0.3, 0.4) is 0 Å². The third-order valence-corrected chi connectivity index (χ3v) is 3.97. The third kappa shape index (κ3) is 2.29. The van der Waals surface area contributed by atoms with Crippen LogP contribution in [0, 0.1) is 0 Å². The molecule has 96 valence electrons. The molecule has 3 aromatic rings. The summed E-state index contributed by atoms with van der Waals surface area (Å²) in [6.45, 7) is 0. The standard InChI is InChI=1S/C12H8Cl2N4S/c1-19-12-15-5-7-6-18(17-11(7)16-12)9-4-2-3-8(13)10(9)14/h2-6H,1H3. The monoisotopic (exact) mass is 310 g/mol. The van der Waals surface area contributed by atoms with Crippen molar-refractivity contribution in [1.82, 2.24) is 19.7 Å². The van der Waals surface area contributed by atoms with Crippen LogP contribution in [-0.4, -0.2) is 26.0 Å². The molecular weight excluding hydrogens is 303 g/mol. The zero-order chi connectivity index (χ0) is 13.4. The molecule has 0 fully saturated rings. The van der Waals surface area contributed by atoms with Crippen molar-refractivity contribution in [2.75, 3.05) is 6.26 Å². The Kier molecular flexibility index (Phi) is 3.35. The van der Waals surface area contributed by atoms with E-state index >= 15 is 0 Å². The highest BCUT2D eigenvalue weighted by atomic mass is 35.5. The van der Waals surface area contributed by atoms with E-state index in [-0.39, 0.29) is 0 Å². The number of hydrogen-bond acceptors (Lipinski definition) is 4. The zero-order valence-corrected chi connectivity index (χ0v) is 12.2. The molecule has 19 heavy (non-hydrogen) atoms. The molecule has 0 spiro atoms. The first-order valence-corrected chi connectivity index (χ1v) is 7.38. The van der Waals surface area contributed by atoms with Gasteiger partial charge in [-0.2, -0.15) is 0 Å². The first kappa shape index (κ1) is 12.7. The van der Waals surface area contributed by atoms with Gasteiger partial charge >= 0.3 is 0 Å². The molecule has 0 aliphatic carbocycles. The predicted molar refractivity (Wildman–Crippen MR) is 78.5 cm³/mol. The lowest BCUT2D eigenvalue weighted by Crippen LogP contribution is -1.95. The first-order chi connectivity index (χ1) is 9.19. The Bertz CT molecular complexity index is 757. The topological polar surface area (TPSA) is 43.6 Å². The second-order valence-corrected chi connectivity index (χ2v) is 5.34. The summed E-state index contributed by atoms with van der Waals surface area (Å²) in [6.07, 6.45) is 5.50. The average Bonchev–Trinajstić information content (AvgIpc) is 2.84. The quantitative estimate of drug-likeness (QED) is 0.533. The fourth-order valence-corrected chi connectivity index (χ4v) is 2.41. The molecule has 0 aliphatic heterocycles. The van der Waals surface area contributed by atoms with Crippen LogP contribution in [0.15, 0.2) is 35.7 Å². The van der Waals surface area contributed by atoms with Crippen LogP contribution in [0.1, 0.15) is 0 Å². The number of rotatable bonds is 2. The highest BCUT2D eigenvalue weighted by Gasteiger charge is 2.10. The van der Waals surface area contributed by atoms with Crippen molar-refractivity contribution < 1.29 is 0 Å². The van der Waals surface area contributed by atoms with Gasteiger partial charge in [0.05, 0.1) is 21.1 Å².